The summed E-state index contributed by atoms with van der Waals surface area (Å²) in [5.74, 6) is 0. The smallest absolute Gasteiger partial charge is 0.0814 e. The molecule has 0 nitrogen and oxygen atoms in total. The van der Waals surface area contributed by atoms with Crippen LogP contribution in [0.25, 0.3) is 0 Å². The zero-order chi connectivity index (χ0) is 31.6. The lowest BCUT2D eigenvalue weighted by atomic mass is 9.14. The quantitative estimate of drug-likeness (QED) is 0.101. The summed E-state index contributed by atoms with van der Waals surface area (Å²) < 4.78 is 0. The van der Waals surface area contributed by atoms with Crippen LogP contribution in [0.3, 0.4) is 0 Å². The first-order valence-electron chi connectivity index (χ1n) is 18.0. The molecule has 0 N–H and O–H groups in total. The summed E-state index contributed by atoms with van der Waals surface area (Å²) in [5, 5.41) is 0. The monoisotopic (exact) mass is 600 g/mol. The molecule has 0 heterocycles. The summed E-state index contributed by atoms with van der Waals surface area (Å²) in [6, 6.07) is 27.7. The van der Waals surface area contributed by atoms with Gasteiger partial charge in [0.05, 0.1) is 30.8 Å². The molecule has 0 fully saturated rings. The fourth-order valence-electron chi connectivity index (χ4n) is 6.92. The SMILES string of the molecule is CCCC[B-](c1ccc(C)cc1)(c1ccc(C)cc1)c1ccc(C)cc1.CCCC[P+](CCCC)(CCCC)CCCC. The van der Waals surface area contributed by atoms with Crippen molar-refractivity contribution in [3.63, 3.8) is 0 Å². The van der Waals surface area contributed by atoms with E-state index >= 15 is 0 Å². The predicted molar refractivity (Wildman–Crippen MR) is 204 cm³/mol. The van der Waals surface area contributed by atoms with Crippen molar-refractivity contribution in [2.75, 3.05) is 24.6 Å². The van der Waals surface area contributed by atoms with E-state index in [1.54, 1.807) is 24.6 Å². The lowest BCUT2D eigenvalue weighted by molar-refractivity contribution is 0.814. The molecule has 0 bridgehead atoms. The van der Waals surface area contributed by atoms with Crippen molar-refractivity contribution in [2.24, 2.45) is 0 Å². The molecular weight excluding hydrogens is 534 g/mol. The van der Waals surface area contributed by atoms with Gasteiger partial charge in [-0.3, -0.25) is 0 Å². The first-order chi connectivity index (χ1) is 20.8. The van der Waals surface area contributed by atoms with Crippen LogP contribution >= 0.6 is 7.26 Å². The van der Waals surface area contributed by atoms with Gasteiger partial charge in [0.25, 0.3) is 0 Å². The van der Waals surface area contributed by atoms with Crippen LogP contribution < -0.4 is 16.4 Å². The third-order valence-corrected chi connectivity index (χ3v) is 14.9. The average molecular weight is 601 g/mol. The Morgan fingerprint density at radius 1 is 0.395 bits per heavy atom. The molecular formula is C41H66BP. The van der Waals surface area contributed by atoms with E-state index in [0.717, 1.165) is 0 Å². The van der Waals surface area contributed by atoms with Gasteiger partial charge in [0.15, 0.2) is 0 Å². The van der Waals surface area contributed by atoms with Gasteiger partial charge in [-0.2, -0.15) is 22.7 Å². The summed E-state index contributed by atoms with van der Waals surface area (Å²) in [6.45, 7) is 18.2. The molecule has 0 aliphatic rings. The third kappa shape index (κ3) is 11.5. The molecule has 0 saturated heterocycles. The summed E-state index contributed by atoms with van der Waals surface area (Å²) in [6.07, 6.45) is 20.6. The Hall–Kier alpha value is -1.85. The summed E-state index contributed by atoms with van der Waals surface area (Å²) in [4.78, 5) is 0. The Labute approximate surface area is 269 Å². The second-order valence-electron chi connectivity index (χ2n) is 13.6. The summed E-state index contributed by atoms with van der Waals surface area (Å²) in [5.41, 5.74) is 8.33. The molecule has 43 heavy (non-hydrogen) atoms. The molecule has 0 aromatic heterocycles. The molecule has 0 radical (unpaired) electrons. The van der Waals surface area contributed by atoms with Gasteiger partial charge in [0.2, 0.25) is 0 Å². The maximum Gasteiger partial charge on any atom is 0.0814 e. The Kier molecular flexibility index (Phi) is 17.6. The van der Waals surface area contributed by atoms with Crippen LogP contribution in [0.5, 0.6) is 0 Å². The van der Waals surface area contributed by atoms with E-state index in [2.05, 4.69) is 128 Å². The van der Waals surface area contributed by atoms with E-state index in [0.29, 0.717) is 0 Å². The van der Waals surface area contributed by atoms with Gasteiger partial charge in [-0.15, -0.1) is 0 Å². The van der Waals surface area contributed by atoms with Gasteiger partial charge >= 0.3 is 0 Å². The molecule has 0 atom stereocenters. The number of hydrogen-bond acceptors (Lipinski definition) is 0. The predicted octanol–water partition coefficient (Wildman–Crippen LogP) is 11.1. The van der Waals surface area contributed by atoms with Gasteiger partial charge in [-0.25, -0.2) is 0 Å². The van der Waals surface area contributed by atoms with Crippen molar-refractivity contribution in [3.05, 3.63) is 89.5 Å². The molecule has 0 saturated carbocycles. The molecule has 238 valence electrons. The first kappa shape index (κ1) is 37.3. The fraction of sp³-hybridized carbons (Fsp3) is 0.561. The maximum absolute atomic E-state index is 2.36. The largest absolute Gasteiger partial charge is 0.200 e. The highest BCUT2D eigenvalue weighted by molar-refractivity contribution is 7.75. The number of unbranched alkanes of at least 4 members (excludes halogenated alkanes) is 5. The molecule has 0 amide bonds. The molecule has 2 heteroatoms. The second kappa shape index (κ2) is 20.2. The Balaban J connectivity index is 0.000000332. The van der Waals surface area contributed by atoms with Crippen molar-refractivity contribution in [3.8, 4) is 0 Å². The van der Waals surface area contributed by atoms with Gasteiger partial charge in [0.1, 0.15) is 0 Å². The number of rotatable bonds is 18. The summed E-state index contributed by atoms with van der Waals surface area (Å²) >= 11 is 0. The normalized spacial score (nSPS) is 11.7. The highest BCUT2D eigenvalue weighted by Crippen LogP contribution is 2.61. The minimum absolute atomic E-state index is 0.562. The fourth-order valence-corrected chi connectivity index (χ4v) is 12.2. The second-order valence-corrected chi connectivity index (χ2v) is 18.0. The van der Waals surface area contributed by atoms with E-state index < -0.39 is 13.4 Å². The van der Waals surface area contributed by atoms with Gasteiger partial charge in [-0.05, 0) is 46.5 Å². The maximum atomic E-state index is 2.36. The van der Waals surface area contributed by atoms with E-state index in [1.807, 2.05) is 0 Å². The lowest BCUT2D eigenvalue weighted by Crippen LogP contribution is -2.67. The number of aryl methyl sites for hydroxylation is 3. The van der Waals surface area contributed by atoms with Crippen LogP contribution in [-0.2, 0) is 0 Å². The zero-order valence-corrected chi connectivity index (χ0v) is 30.5. The molecule has 3 aromatic carbocycles. The van der Waals surface area contributed by atoms with Crippen LogP contribution in [0.15, 0.2) is 72.8 Å². The van der Waals surface area contributed by atoms with E-state index in [1.165, 1.54) is 104 Å². The van der Waals surface area contributed by atoms with Crippen molar-refractivity contribution in [2.45, 2.75) is 126 Å². The van der Waals surface area contributed by atoms with E-state index in [9.17, 15) is 0 Å². The van der Waals surface area contributed by atoms with Crippen LogP contribution in [0.4, 0.5) is 0 Å². The van der Waals surface area contributed by atoms with Crippen molar-refractivity contribution < 1.29 is 0 Å². The Morgan fingerprint density at radius 2 is 0.651 bits per heavy atom. The third-order valence-electron chi connectivity index (χ3n) is 9.87. The summed E-state index contributed by atoms with van der Waals surface area (Å²) in [7, 11) is -0.562. The molecule has 0 aliphatic heterocycles. The van der Waals surface area contributed by atoms with Crippen molar-refractivity contribution in [1.29, 1.82) is 0 Å². The lowest BCUT2D eigenvalue weighted by Gasteiger charge is -2.43. The van der Waals surface area contributed by atoms with Gasteiger partial charge in [0, 0.05) is 7.26 Å². The molecule has 0 unspecified atom stereocenters. The van der Waals surface area contributed by atoms with Crippen LogP contribution in [0.2, 0.25) is 6.32 Å². The average Bonchev–Trinajstić information content (AvgIpc) is 3.03. The van der Waals surface area contributed by atoms with Crippen LogP contribution in [0.1, 0.15) is 116 Å². The van der Waals surface area contributed by atoms with Crippen LogP contribution in [0, 0.1) is 20.8 Å². The number of hydrogen-bond donors (Lipinski definition) is 0. The molecule has 0 spiro atoms. The van der Waals surface area contributed by atoms with Crippen LogP contribution in [-0.4, -0.2) is 30.8 Å². The van der Waals surface area contributed by atoms with Crippen molar-refractivity contribution >= 4 is 29.8 Å². The Bertz CT molecular complexity index is 965. The van der Waals surface area contributed by atoms with Crippen molar-refractivity contribution in [1.82, 2.24) is 0 Å². The first-order valence-corrected chi connectivity index (χ1v) is 20.6. The highest BCUT2D eigenvalue weighted by Gasteiger charge is 2.34. The Morgan fingerprint density at radius 3 is 0.884 bits per heavy atom. The molecule has 3 rings (SSSR count). The molecule has 3 aromatic rings. The standard InChI is InChI=1S/C25H30B.C16H36P/c1-5-6-19-26(23-13-7-20(2)8-14-23,24-15-9-21(3)10-16-24)25-17-11-22(4)12-18-25;1-5-9-13-17(14-10-6-2,15-11-7-3)16-12-8-4/h7-18H,5-6,19H2,1-4H3;5-16H2,1-4H3/q-1;+1. The highest BCUT2D eigenvalue weighted by atomic mass is 31.2. The minimum atomic E-state index is -0.957. The zero-order valence-electron chi connectivity index (χ0n) is 29.6. The van der Waals surface area contributed by atoms with Gasteiger partial charge in [-0.1, -0.05) is 163 Å². The molecule has 0 aliphatic carbocycles. The van der Waals surface area contributed by atoms with Gasteiger partial charge < -0.3 is 0 Å². The van der Waals surface area contributed by atoms with E-state index in [4.69, 9.17) is 0 Å². The van der Waals surface area contributed by atoms with E-state index in [-0.39, 0.29) is 0 Å². The topological polar surface area (TPSA) is 0 Å². The minimum Gasteiger partial charge on any atom is -0.200 e. The number of benzene rings is 3.